The van der Waals surface area contributed by atoms with Gasteiger partial charge in [-0.3, -0.25) is 4.79 Å². The maximum atomic E-state index is 12.1. The monoisotopic (exact) mass is 455 g/mol. The van der Waals surface area contributed by atoms with E-state index in [-0.39, 0.29) is 30.0 Å². The summed E-state index contributed by atoms with van der Waals surface area (Å²) in [5.74, 6) is 0.831. The van der Waals surface area contributed by atoms with Gasteiger partial charge >= 0.3 is 0 Å². The molecule has 186 valence electrons. The lowest BCUT2D eigenvalue weighted by Gasteiger charge is -2.31. The van der Waals surface area contributed by atoms with Crippen LogP contribution in [0.2, 0.25) is 0 Å². The van der Waals surface area contributed by atoms with Crippen molar-refractivity contribution in [2.24, 2.45) is 11.8 Å². The van der Waals surface area contributed by atoms with Crippen molar-refractivity contribution in [1.29, 1.82) is 0 Å². The van der Waals surface area contributed by atoms with Gasteiger partial charge in [-0.15, -0.1) is 0 Å². The molecule has 1 amide bonds. The van der Waals surface area contributed by atoms with Crippen molar-refractivity contribution in [1.82, 2.24) is 16.0 Å². The Morgan fingerprint density at radius 2 is 1.73 bits per heavy atom. The molecule has 4 heteroatoms. The number of carbonyl (C=O) groups is 1. The van der Waals surface area contributed by atoms with Gasteiger partial charge in [0.15, 0.2) is 0 Å². The Morgan fingerprint density at radius 3 is 2.24 bits per heavy atom. The lowest BCUT2D eigenvalue weighted by atomic mass is 9.92. The van der Waals surface area contributed by atoms with Crippen molar-refractivity contribution in [2.75, 3.05) is 0 Å². The van der Waals surface area contributed by atoms with Crippen LogP contribution in [0.3, 0.4) is 0 Å². The molecule has 0 saturated heterocycles. The number of rotatable bonds is 16. The SMILES string of the molecule is C=C(CCC(CC1=CCCC=C1)NC(=C)C(NC(=O)CC)C(C)C)NC(C(=C)C)[C@@H](C)CC. The smallest absolute Gasteiger partial charge is 0.220 e. The summed E-state index contributed by atoms with van der Waals surface area (Å²) in [5.41, 5.74) is 4.45. The van der Waals surface area contributed by atoms with Crippen molar-refractivity contribution < 1.29 is 4.79 Å². The van der Waals surface area contributed by atoms with Gasteiger partial charge in [-0.1, -0.05) is 90.2 Å². The summed E-state index contributed by atoms with van der Waals surface area (Å²) < 4.78 is 0. The molecule has 0 saturated carbocycles. The van der Waals surface area contributed by atoms with Crippen LogP contribution in [-0.4, -0.2) is 24.0 Å². The molecule has 0 heterocycles. The first-order valence-electron chi connectivity index (χ1n) is 12.8. The van der Waals surface area contributed by atoms with Gasteiger partial charge in [0.2, 0.25) is 5.91 Å². The summed E-state index contributed by atoms with van der Waals surface area (Å²) in [7, 11) is 0. The minimum absolute atomic E-state index is 0.0552. The number of allylic oxidation sites excluding steroid dienone is 4. The number of carbonyl (C=O) groups excluding carboxylic acids is 1. The van der Waals surface area contributed by atoms with Gasteiger partial charge in [0.05, 0.1) is 6.04 Å². The molecule has 0 aromatic rings. The molecule has 1 aliphatic carbocycles. The molecule has 3 unspecified atom stereocenters. The molecule has 33 heavy (non-hydrogen) atoms. The highest BCUT2D eigenvalue weighted by atomic mass is 16.1. The lowest BCUT2D eigenvalue weighted by Crippen LogP contribution is -2.45. The van der Waals surface area contributed by atoms with Crippen molar-refractivity contribution in [3.8, 4) is 0 Å². The van der Waals surface area contributed by atoms with Crippen LogP contribution >= 0.6 is 0 Å². The number of hydrogen-bond donors (Lipinski definition) is 3. The van der Waals surface area contributed by atoms with Crippen LogP contribution in [0.1, 0.15) is 86.5 Å². The zero-order chi connectivity index (χ0) is 25.0. The molecule has 3 N–H and O–H groups in total. The third-order valence-corrected chi connectivity index (χ3v) is 6.52. The first-order chi connectivity index (χ1) is 15.6. The molecule has 0 bridgehead atoms. The largest absolute Gasteiger partial charge is 0.384 e. The standard InChI is InChI=1S/C29H49N3O/c1-10-22(7)28(20(3)4)30-23(8)17-18-26(19-25-15-13-12-14-16-25)31-24(9)29(21(5)6)32-27(33)11-2/h13,15-16,21-22,26,28-31H,3,8-12,14,17-19H2,1-2,4-7H3,(H,32,33)/t22-,26?,28?,29?/m0/s1. The molecule has 0 aliphatic heterocycles. The van der Waals surface area contributed by atoms with Gasteiger partial charge in [-0.05, 0) is 50.9 Å². The molecular weight excluding hydrogens is 406 g/mol. The molecule has 0 radical (unpaired) electrons. The van der Waals surface area contributed by atoms with E-state index in [2.05, 4.69) is 88.5 Å². The Labute approximate surface area is 203 Å². The summed E-state index contributed by atoms with van der Waals surface area (Å²) in [6, 6.07) is 0.384. The second-order valence-electron chi connectivity index (χ2n) is 9.97. The highest BCUT2D eigenvalue weighted by Gasteiger charge is 2.22. The Bertz CT molecular complexity index is 731. The van der Waals surface area contributed by atoms with Crippen molar-refractivity contribution in [3.63, 3.8) is 0 Å². The summed E-state index contributed by atoms with van der Waals surface area (Å²) in [5, 5.41) is 10.4. The minimum atomic E-state index is -0.0876. The second kappa shape index (κ2) is 14.8. The Balaban J connectivity index is 2.87. The predicted molar refractivity (Wildman–Crippen MR) is 144 cm³/mol. The van der Waals surface area contributed by atoms with Crippen molar-refractivity contribution in [2.45, 2.75) is 105 Å². The van der Waals surface area contributed by atoms with Crippen molar-refractivity contribution in [3.05, 3.63) is 60.5 Å². The molecule has 0 fully saturated rings. The van der Waals surface area contributed by atoms with Gasteiger partial charge in [-0.25, -0.2) is 0 Å². The average molecular weight is 456 g/mol. The third kappa shape index (κ3) is 10.5. The molecule has 1 rings (SSSR count). The van der Waals surface area contributed by atoms with Gasteiger partial charge in [0.25, 0.3) is 0 Å². The summed E-state index contributed by atoms with van der Waals surface area (Å²) in [4.78, 5) is 12.1. The normalized spacial score (nSPS) is 16.9. The van der Waals surface area contributed by atoms with E-state index in [1.165, 1.54) is 5.57 Å². The molecule has 4 nitrogen and oxygen atoms in total. The van der Waals surface area contributed by atoms with Crippen LogP contribution in [0, 0.1) is 11.8 Å². The second-order valence-corrected chi connectivity index (χ2v) is 9.97. The van der Waals surface area contributed by atoms with Crippen LogP contribution in [0.15, 0.2) is 60.5 Å². The number of amides is 1. The summed E-state index contributed by atoms with van der Waals surface area (Å²) >= 11 is 0. The average Bonchev–Trinajstić information content (AvgIpc) is 2.78. The van der Waals surface area contributed by atoms with E-state index >= 15 is 0 Å². The number of nitrogens with one attached hydrogen (secondary N) is 3. The third-order valence-electron chi connectivity index (χ3n) is 6.52. The maximum Gasteiger partial charge on any atom is 0.220 e. The summed E-state index contributed by atoms with van der Waals surface area (Å²) in [6.07, 6.45) is 13.4. The first-order valence-corrected chi connectivity index (χ1v) is 12.8. The van der Waals surface area contributed by atoms with Gasteiger partial charge in [0.1, 0.15) is 0 Å². The van der Waals surface area contributed by atoms with Gasteiger partial charge < -0.3 is 16.0 Å². The van der Waals surface area contributed by atoms with Crippen molar-refractivity contribution >= 4 is 5.91 Å². The van der Waals surface area contributed by atoms with Crippen LogP contribution in [0.5, 0.6) is 0 Å². The van der Waals surface area contributed by atoms with E-state index in [9.17, 15) is 4.79 Å². The van der Waals surface area contributed by atoms with E-state index in [4.69, 9.17) is 0 Å². The van der Waals surface area contributed by atoms with Gasteiger partial charge in [0, 0.05) is 29.9 Å². The van der Waals surface area contributed by atoms with E-state index in [0.717, 1.165) is 55.5 Å². The van der Waals surface area contributed by atoms with E-state index in [0.29, 0.717) is 12.3 Å². The molecular formula is C29H49N3O. The fourth-order valence-corrected chi connectivity index (χ4v) is 4.24. The topological polar surface area (TPSA) is 53.2 Å². The van der Waals surface area contributed by atoms with E-state index < -0.39 is 0 Å². The minimum Gasteiger partial charge on any atom is -0.384 e. The van der Waals surface area contributed by atoms with E-state index in [1.54, 1.807) is 0 Å². The maximum absolute atomic E-state index is 12.1. The fourth-order valence-electron chi connectivity index (χ4n) is 4.24. The first kappa shape index (κ1) is 28.8. The molecule has 0 aromatic heterocycles. The Morgan fingerprint density at radius 1 is 1.03 bits per heavy atom. The highest BCUT2D eigenvalue weighted by molar-refractivity contribution is 5.76. The van der Waals surface area contributed by atoms with Crippen LogP contribution in [0.25, 0.3) is 0 Å². The summed E-state index contributed by atoms with van der Waals surface area (Å²) in [6.45, 7) is 25.5. The molecule has 4 atom stereocenters. The fraction of sp³-hybridized carbons (Fsp3) is 0.621. The highest BCUT2D eigenvalue weighted by Crippen LogP contribution is 2.22. The Kier molecular flexibility index (Phi) is 12.9. The molecule has 0 aromatic carbocycles. The quantitative estimate of drug-likeness (QED) is 0.231. The molecule has 1 aliphatic rings. The van der Waals surface area contributed by atoms with Crippen LogP contribution in [0.4, 0.5) is 0 Å². The lowest BCUT2D eigenvalue weighted by molar-refractivity contribution is -0.121. The predicted octanol–water partition coefficient (Wildman–Crippen LogP) is 6.55. The zero-order valence-corrected chi connectivity index (χ0v) is 22.1. The van der Waals surface area contributed by atoms with Gasteiger partial charge in [-0.2, -0.15) is 0 Å². The number of hydrogen-bond acceptors (Lipinski definition) is 3. The Hall–Kier alpha value is -2.23. The molecule has 0 spiro atoms. The van der Waals surface area contributed by atoms with Crippen LogP contribution < -0.4 is 16.0 Å². The van der Waals surface area contributed by atoms with Crippen LogP contribution in [-0.2, 0) is 4.79 Å². The zero-order valence-electron chi connectivity index (χ0n) is 22.1. The van der Waals surface area contributed by atoms with E-state index in [1.807, 2.05) is 6.92 Å².